The van der Waals surface area contributed by atoms with Gasteiger partial charge in [-0.3, -0.25) is 0 Å². The SMILES string of the molecule is c1ccc(-c2ccc(N(c3ccc(-c4cccc5c4sc4ccccc45)cc3)c3ccc4oc5c6ccccc6ccc5c4c3-c3ccccc3)cc2)cc1. The molecule has 0 atom stereocenters. The second-order valence-corrected chi connectivity index (χ2v) is 15.1. The molecule has 0 amide bonds. The number of thiophene rings is 1. The third-order valence-electron chi connectivity index (χ3n) is 10.9. The Balaban J connectivity index is 1.14. The highest BCUT2D eigenvalue weighted by Gasteiger charge is 2.23. The van der Waals surface area contributed by atoms with Crippen molar-refractivity contribution in [2.45, 2.75) is 0 Å². The van der Waals surface area contributed by atoms with Crippen LogP contribution in [-0.4, -0.2) is 0 Å². The van der Waals surface area contributed by atoms with Crippen molar-refractivity contribution in [2.24, 2.45) is 0 Å². The number of fused-ring (bicyclic) bond motifs is 8. The van der Waals surface area contributed by atoms with Gasteiger partial charge in [0.15, 0.2) is 0 Å². The first kappa shape index (κ1) is 31.6. The fraction of sp³-hybridized carbons (Fsp3) is 0. The Morgan fingerprint density at radius 1 is 0.400 bits per heavy atom. The Morgan fingerprint density at radius 2 is 1.02 bits per heavy atom. The average Bonchev–Trinajstić information content (AvgIpc) is 3.84. The maximum Gasteiger partial charge on any atom is 0.143 e. The second-order valence-electron chi connectivity index (χ2n) is 14.0. The van der Waals surface area contributed by atoms with Gasteiger partial charge in [0, 0.05) is 53.3 Å². The summed E-state index contributed by atoms with van der Waals surface area (Å²) in [6.07, 6.45) is 0. The molecular formula is C52H33NOS. The number of benzene rings is 9. The molecule has 9 aromatic carbocycles. The number of rotatable bonds is 6. The minimum atomic E-state index is 0.875. The molecule has 11 aromatic rings. The van der Waals surface area contributed by atoms with Crippen LogP contribution in [-0.2, 0) is 0 Å². The fourth-order valence-electron chi connectivity index (χ4n) is 8.29. The molecule has 0 radical (unpaired) electrons. The molecular weight excluding hydrogens is 687 g/mol. The lowest BCUT2D eigenvalue weighted by Gasteiger charge is -2.28. The summed E-state index contributed by atoms with van der Waals surface area (Å²) in [5.41, 5.74) is 12.1. The van der Waals surface area contributed by atoms with E-state index in [0.29, 0.717) is 0 Å². The summed E-state index contributed by atoms with van der Waals surface area (Å²) in [4.78, 5) is 2.40. The first-order chi connectivity index (χ1) is 27.3. The van der Waals surface area contributed by atoms with Gasteiger partial charge in [0.2, 0.25) is 0 Å². The zero-order valence-electron chi connectivity index (χ0n) is 29.8. The van der Waals surface area contributed by atoms with Crippen molar-refractivity contribution in [2.75, 3.05) is 4.90 Å². The molecule has 11 rings (SSSR count). The highest BCUT2D eigenvalue weighted by Crippen LogP contribution is 2.48. The molecule has 0 N–H and O–H groups in total. The lowest BCUT2D eigenvalue weighted by molar-refractivity contribution is 0.673. The zero-order chi connectivity index (χ0) is 36.3. The van der Waals surface area contributed by atoms with Crippen molar-refractivity contribution in [3.8, 4) is 33.4 Å². The number of furan rings is 1. The Kier molecular flexibility index (Phi) is 7.39. The molecule has 258 valence electrons. The maximum absolute atomic E-state index is 6.74. The van der Waals surface area contributed by atoms with E-state index in [0.717, 1.165) is 55.5 Å². The molecule has 0 unspecified atom stereocenters. The van der Waals surface area contributed by atoms with Crippen molar-refractivity contribution >= 4 is 81.3 Å². The van der Waals surface area contributed by atoms with Crippen molar-refractivity contribution < 1.29 is 4.42 Å². The van der Waals surface area contributed by atoms with Gasteiger partial charge in [0.05, 0.1) is 5.69 Å². The number of nitrogens with zero attached hydrogens (tertiary/aromatic N) is 1. The van der Waals surface area contributed by atoms with Crippen LogP contribution in [0, 0.1) is 0 Å². The number of hydrogen-bond donors (Lipinski definition) is 0. The molecule has 0 saturated heterocycles. The predicted molar refractivity (Wildman–Crippen MR) is 235 cm³/mol. The second kappa shape index (κ2) is 12.9. The highest BCUT2D eigenvalue weighted by molar-refractivity contribution is 7.26. The largest absolute Gasteiger partial charge is 0.455 e. The summed E-state index contributed by atoms with van der Waals surface area (Å²) in [5, 5.41) is 7.14. The number of anilines is 3. The topological polar surface area (TPSA) is 16.4 Å². The predicted octanol–water partition coefficient (Wildman–Crippen LogP) is 15.6. The van der Waals surface area contributed by atoms with E-state index in [1.165, 1.54) is 47.8 Å². The molecule has 0 aliphatic heterocycles. The van der Waals surface area contributed by atoms with Crippen LogP contribution < -0.4 is 4.90 Å². The van der Waals surface area contributed by atoms with Crippen LogP contribution in [0.2, 0.25) is 0 Å². The van der Waals surface area contributed by atoms with Gasteiger partial charge < -0.3 is 9.32 Å². The van der Waals surface area contributed by atoms with Crippen LogP contribution >= 0.6 is 11.3 Å². The summed E-state index contributed by atoms with van der Waals surface area (Å²) < 4.78 is 9.38. The molecule has 0 bridgehead atoms. The maximum atomic E-state index is 6.74. The molecule has 55 heavy (non-hydrogen) atoms. The van der Waals surface area contributed by atoms with E-state index in [9.17, 15) is 0 Å². The molecule has 0 fully saturated rings. The van der Waals surface area contributed by atoms with E-state index in [2.05, 4.69) is 205 Å². The van der Waals surface area contributed by atoms with Gasteiger partial charge in [-0.2, -0.15) is 0 Å². The summed E-state index contributed by atoms with van der Waals surface area (Å²) in [6.45, 7) is 0. The number of hydrogen-bond acceptors (Lipinski definition) is 3. The smallest absolute Gasteiger partial charge is 0.143 e. The molecule has 2 aromatic heterocycles. The Labute approximate surface area is 322 Å². The summed E-state index contributed by atoms with van der Waals surface area (Å²) >= 11 is 1.87. The first-order valence-corrected chi connectivity index (χ1v) is 19.5. The molecule has 0 spiro atoms. The molecule has 3 heteroatoms. The monoisotopic (exact) mass is 719 g/mol. The van der Waals surface area contributed by atoms with Crippen LogP contribution in [0.3, 0.4) is 0 Å². The van der Waals surface area contributed by atoms with Crippen molar-refractivity contribution in [3.05, 3.63) is 200 Å². The van der Waals surface area contributed by atoms with E-state index >= 15 is 0 Å². The van der Waals surface area contributed by atoms with Crippen molar-refractivity contribution in [1.82, 2.24) is 0 Å². The Bertz CT molecular complexity index is 3180. The van der Waals surface area contributed by atoms with Gasteiger partial charge in [0.1, 0.15) is 11.2 Å². The normalized spacial score (nSPS) is 11.6. The van der Waals surface area contributed by atoms with E-state index < -0.39 is 0 Å². The lowest BCUT2D eigenvalue weighted by atomic mass is 9.95. The van der Waals surface area contributed by atoms with Gasteiger partial charge in [-0.15, -0.1) is 11.3 Å². The van der Waals surface area contributed by atoms with Crippen molar-refractivity contribution in [3.63, 3.8) is 0 Å². The molecule has 2 heterocycles. The fourth-order valence-corrected chi connectivity index (χ4v) is 9.53. The third-order valence-corrected chi connectivity index (χ3v) is 12.1. The van der Waals surface area contributed by atoms with Gasteiger partial charge >= 0.3 is 0 Å². The molecule has 0 aliphatic rings. The molecule has 0 aliphatic carbocycles. The first-order valence-electron chi connectivity index (χ1n) is 18.7. The van der Waals surface area contributed by atoms with Crippen LogP contribution in [0.25, 0.3) is 86.3 Å². The summed E-state index contributed by atoms with van der Waals surface area (Å²) in [7, 11) is 0. The Morgan fingerprint density at radius 3 is 1.78 bits per heavy atom. The Hall–Kier alpha value is -6.94. The van der Waals surface area contributed by atoms with E-state index in [-0.39, 0.29) is 0 Å². The minimum Gasteiger partial charge on any atom is -0.455 e. The zero-order valence-corrected chi connectivity index (χ0v) is 30.6. The van der Waals surface area contributed by atoms with Gasteiger partial charge in [-0.25, -0.2) is 0 Å². The van der Waals surface area contributed by atoms with Gasteiger partial charge in [-0.05, 0) is 81.7 Å². The highest BCUT2D eigenvalue weighted by atomic mass is 32.1. The minimum absolute atomic E-state index is 0.875. The van der Waals surface area contributed by atoms with Crippen LogP contribution in [0.15, 0.2) is 205 Å². The van der Waals surface area contributed by atoms with Crippen molar-refractivity contribution in [1.29, 1.82) is 0 Å². The lowest BCUT2D eigenvalue weighted by Crippen LogP contribution is -2.11. The van der Waals surface area contributed by atoms with Gasteiger partial charge in [-0.1, -0.05) is 152 Å². The summed E-state index contributed by atoms with van der Waals surface area (Å²) in [5.74, 6) is 0. The van der Waals surface area contributed by atoms with Crippen LogP contribution in [0.5, 0.6) is 0 Å². The van der Waals surface area contributed by atoms with E-state index in [1.807, 2.05) is 11.3 Å². The quantitative estimate of drug-likeness (QED) is 0.170. The van der Waals surface area contributed by atoms with E-state index in [4.69, 9.17) is 4.42 Å². The average molecular weight is 720 g/mol. The summed E-state index contributed by atoms with van der Waals surface area (Å²) in [6, 6.07) is 72.1. The van der Waals surface area contributed by atoms with Gasteiger partial charge in [0.25, 0.3) is 0 Å². The molecule has 0 saturated carbocycles. The third kappa shape index (κ3) is 5.24. The van der Waals surface area contributed by atoms with E-state index in [1.54, 1.807) is 0 Å². The van der Waals surface area contributed by atoms with Crippen LogP contribution in [0.1, 0.15) is 0 Å². The molecule has 2 nitrogen and oxygen atoms in total. The van der Waals surface area contributed by atoms with Crippen LogP contribution in [0.4, 0.5) is 17.1 Å². The standard InChI is InChI=1S/C52H33NOS/c1-3-12-34(13-4-1)35-22-27-39(28-23-35)53(40-29-24-37(25-30-40)42-19-11-20-44-43-18-9-10-21-48(43)55-52(42)44)46-32-33-47-50(49(46)38-15-5-2-6-16-38)45-31-26-36-14-7-8-17-41(36)51(45)54-47/h1-33H.